The number of hydrogen-bond donors (Lipinski definition) is 3. The van der Waals surface area contributed by atoms with E-state index in [1.54, 1.807) is 28.8 Å². The van der Waals surface area contributed by atoms with Gasteiger partial charge in [-0.05, 0) is 38.5 Å². The quantitative estimate of drug-likeness (QED) is 0.689. The zero-order valence-corrected chi connectivity index (χ0v) is 13.4. The molecule has 120 valence electrons. The molecule has 0 aliphatic rings. The van der Waals surface area contributed by atoms with E-state index in [1.165, 1.54) is 0 Å². The lowest BCUT2D eigenvalue weighted by molar-refractivity contribution is 0.191. The molecule has 6 heteroatoms. The van der Waals surface area contributed by atoms with E-state index in [9.17, 15) is 10.2 Å². The lowest BCUT2D eigenvalue weighted by atomic mass is 10.1. The van der Waals surface area contributed by atoms with Crippen LogP contribution in [-0.2, 0) is 0 Å². The minimum absolute atomic E-state index is 0.183. The Morgan fingerprint density at radius 1 is 1.17 bits per heavy atom. The van der Waals surface area contributed by atoms with E-state index in [-0.39, 0.29) is 5.75 Å². The Labute approximate surface area is 134 Å². The molecule has 0 aliphatic heterocycles. The van der Waals surface area contributed by atoms with Crippen LogP contribution in [0.1, 0.15) is 28.6 Å². The van der Waals surface area contributed by atoms with Gasteiger partial charge < -0.3 is 15.5 Å². The molecule has 3 rings (SSSR count). The summed E-state index contributed by atoms with van der Waals surface area (Å²) in [6.07, 6.45) is -0.683. The molecule has 23 heavy (non-hydrogen) atoms. The summed E-state index contributed by atoms with van der Waals surface area (Å²) >= 11 is 0. The predicted octanol–water partition coefficient (Wildman–Crippen LogP) is 2.51. The van der Waals surface area contributed by atoms with Gasteiger partial charge in [0.05, 0.1) is 11.8 Å². The average Bonchev–Trinajstić information content (AvgIpc) is 2.81. The molecule has 0 amide bonds. The zero-order chi connectivity index (χ0) is 16.6. The first kappa shape index (κ1) is 15.3. The summed E-state index contributed by atoms with van der Waals surface area (Å²) in [6, 6.07) is 8.44. The molecule has 0 saturated heterocycles. The average molecular weight is 312 g/mol. The topological polar surface area (TPSA) is 82.7 Å². The highest BCUT2D eigenvalue weighted by molar-refractivity contribution is 5.56. The molecule has 3 aromatic rings. The third-order valence-electron chi connectivity index (χ3n) is 3.94. The van der Waals surface area contributed by atoms with Crippen molar-refractivity contribution in [3.63, 3.8) is 0 Å². The summed E-state index contributed by atoms with van der Waals surface area (Å²) in [6.45, 7) is 6.22. The zero-order valence-electron chi connectivity index (χ0n) is 13.4. The van der Waals surface area contributed by atoms with Crippen molar-refractivity contribution in [1.29, 1.82) is 0 Å². The van der Waals surface area contributed by atoms with Crippen molar-refractivity contribution in [2.45, 2.75) is 26.9 Å². The Morgan fingerprint density at radius 3 is 2.57 bits per heavy atom. The summed E-state index contributed by atoms with van der Waals surface area (Å²) < 4.78 is 1.77. The Hall–Kier alpha value is -2.60. The molecule has 0 bridgehead atoms. The number of phenolic OH excluding ortho intramolecular Hbond substituents is 1. The highest BCUT2D eigenvalue weighted by atomic mass is 16.3. The summed E-state index contributed by atoms with van der Waals surface area (Å²) in [5.74, 6) is 0.976. The molecule has 0 saturated carbocycles. The Balaban J connectivity index is 1.84. The van der Waals surface area contributed by atoms with Gasteiger partial charge in [0.25, 0.3) is 0 Å². The molecule has 6 nitrogen and oxygen atoms in total. The molecule has 2 aromatic heterocycles. The number of benzene rings is 1. The van der Waals surface area contributed by atoms with Crippen LogP contribution in [0.2, 0.25) is 0 Å². The Morgan fingerprint density at radius 2 is 1.87 bits per heavy atom. The van der Waals surface area contributed by atoms with Gasteiger partial charge in [-0.1, -0.05) is 12.1 Å². The van der Waals surface area contributed by atoms with E-state index in [4.69, 9.17) is 0 Å². The lowest BCUT2D eigenvalue weighted by Crippen LogP contribution is -2.15. The van der Waals surface area contributed by atoms with Gasteiger partial charge in [0.15, 0.2) is 5.65 Å². The number of nitrogens with zero attached hydrogens (tertiary/aromatic N) is 3. The normalized spacial score (nSPS) is 12.5. The minimum atomic E-state index is -0.683. The number of nitrogens with one attached hydrogen (secondary N) is 1. The van der Waals surface area contributed by atoms with Crippen LogP contribution in [0.3, 0.4) is 0 Å². The maximum atomic E-state index is 10.3. The van der Waals surface area contributed by atoms with Crippen LogP contribution < -0.4 is 5.32 Å². The van der Waals surface area contributed by atoms with Crippen LogP contribution in [-0.4, -0.2) is 31.4 Å². The first-order valence-corrected chi connectivity index (χ1v) is 7.50. The Kier molecular flexibility index (Phi) is 3.92. The number of aromatic nitrogens is 3. The number of aromatic hydroxyl groups is 1. The van der Waals surface area contributed by atoms with Crippen molar-refractivity contribution >= 4 is 11.5 Å². The van der Waals surface area contributed by atoms with E-state index in [2.05, 4.69) is 15.4 Å². The third-order valence-corrected chi connectivity index (χ3v) is 3.94. The van der Waals surface area contributed by atoms with E-state index >= 15 is 0 Å². The fourth-order valence-corrected chi connectivity index (χ4v) is 2.49. The summed E-state index contributed by atoms with van der Waals surface area (Å²) in [5, 5.41) is 27.3. The van der Waals surface area contributed by atoms with Gasteiger partial charge >= 0.3 is 0 Å². The maximum absolute atomic E-state index is 10.3. The van der Waals surface area contributed by atoms with Crippen LogP contribution in [0.5, 0.6) is 5.75 Å². The van der Waals surface area contributed by atoms with E-state index in [1.807, 2.05) is 26.8 Å². The lowest BCUT2D eigenvalue weighted by Gasteiger charge is -2.14. The standard InChI is InChI=1S/C17H20N4O2/c1-10-8-16(21-17(19-10)11(2)12(3)20-21)18-9-15(23)13-4-6-14(22)7-5-13/h4-8,15,18,22-23H,9H2,1-3H3/t15-/m1/s1. The molecule has 0 fully saturated rings. The molecule has 0 radical (unpaired) electrons. The largest absolute Gasteiger partial charge is 0.508 e. The molecule has 0 spiro atoms. The first-order valence-electron chi connectivity index (χ1n) is 7.50. The number of anilines is 1. The Bertz CT molecular complexity index is 840. The van der Waals surface area contributed by atoms with E-state index < -0.39 is 6.10 Å². The molecule has 0 unspecified atom stereocenters. The summed E-state index contributed by atoms with van der Waals surface area (Å²) in [7, 11) is 0. The number of aryl methyl sites for hydroxylation is 3. The van der Waals surface area contributed by atoms with Crippen LogP contribution in [0.15, 0.2) is 30.3 Å². The van der Waals surface area contributed by atoms with Crippen molar-refractivity contribution in [3.8, 4) is 5.75 Å². The number of rotatable bonds is 4. The number of fused-ring (bicyclic) bond motifs is 1. The monoisotopic (exact) mass is 312 g/mol. The maximum Gasteiger partial charge on any atom is 0.160 e. The second-order valence-electron chi connectivity index (χ2n) is 5.72. The molecular formula is C17H20N4O2. The smallest absolute Gasteiger partial charge is 0.160 e. The SMILES string of the molecule is Cc1cc(NC[C@@H](O)c2ccc(O)cc2)n2nc(C)c(C)c2n1. The van der Waals surface area contributed by atoms with Crippen molar-refractivity contribution in [3.05, 3.63) is 52.8 Å². The summed E-state index contributed by atoms with van der Waals surface area (Å²) in [4.78, 5) is 4.52. The number of aliphatic hydroxyl groups is 1. The molecule has 1 atom stereocenters. The van der Waals surface area contributed by atoms with Gasteiger partial charge in [-0.3, -0.25) is 0 Å². The fraction of sp³-hybridized carbons (Fsp3) is 0.294. The van der Waals surface area contributed by atoms with E-state index in [0.29, 0.717) is 6.54 Å². The predicted molar refractivity (Wildman–Crippen MR) is 88.8 cm³/mol. The second-order valence-corrected chi connectivity index (χ2v) is 5.72. The number of phenols is 1. The van der Waals surface area contributed by atoms with Crippen molar-refractivity contribution in [2.75, 3.05) is 11.9 Å². The third kappa shape index (κ3) is 2.98. The van der Waals surface area contributed by atoms with Gasteiger partial charge in [-0.15, -0.1) is 0 Å². The van der Waals surface area contributed by atoms with Crippen LogP contribution in [0, 0.1) is 20.8 Å². The van der Waals surface area contributed by atoms with Crippen molar-refractivity contribution < 1.29 is 10.2 Å². The van der Waals surface area contributed by atoms with Crippen LogP contribution in [0.25, 0.3) is 5.65 Å². The van der Waals surface area contributed by atoms with Gasteiger partial charge in [-0.2, -0.15) is 9.61 Å². The van der Waals surface area contributed by atoms with Gasteiger partial charge in [0.2, 0.25) is 0 Å². The minimum Gasteiger partial charge on any atom is -0.508 e. The van der Waals surface area contributed by atoms with Crippen molar-refractivity contribution in [2.24, 2.45) is 0 Å². The molecular weight excluding hydrogens is 292 g/mol. The van der Waals surface area contributed by atoms with Gasteiger partial charge in [0, 0.05) is 23.9 Å². The number of aliphatic hydroxyl groups excluding tert-OH is 1. The molecule has 3 N–H and O–H groups in total. The van der Waals surface area contributed by atoms with Crippen molar-refractivity contribution in [1.82, 2.24) is 14.6 Å². The second kappa shape index (κ2) is 5.89. The molecule has 1 aromatic carbocycles. The fourth-order valence-electron chi connectivity index (χ4n) is 2.49. The number of hydrogen-bond acceptors (Lipinski definition) is 5. The first-order chi connectivity index (χ1) is 11.0. The van der Waals surface area contributed by atoms with Crippen LogP contribution in [0.4, 0.5) is 5.82 Å². The molecule has 2 heterocycles. The van der Waals surface area contributed by atoms with E-state index in [0.717, 1.165) is 34.0 Å². The molecule has 0 aliphatic carbocycles. The highest BCUT2D eigenvalue weighted by Gasteiger charge is 2.13. The summed E-state index contributed by atoms with van der Waals surface area (Å²) in [5.41, 5.74) is 4.44. The van der Waals surface area contributed by atoms with Crippen LogP contribution >= 0.6 is 0 Å². The van der Waals surface area contributed by atoms with Gasteiger partial charge in [-0.25, -0.2) is 4.98 Å². The highest BCUT2D eigenvalue weighted by Crippen LogP contribution is 2.20. The van der Waals surface area contributed by atoms with Gasteiger partial charge in [0.1, 0.15) is 11.6 Å².